The van der Waals surface area contributed by atoms with E-state index in [9.17, 15) is 0 Å². The molecule has 2 rings (SSSR count). The van der Waals surface area contributed by atoms with Crippen molar-refractivity contribution >= 4 is 22.9 Å². The van der Waals surface area contributed by atoms with Gasteiger partial charge in [0.2, 0.25) is 0 Å². The molecule has 0 aliphatic carbocycles. The minimum absolute atomic E-state index is 0.0208. The third-order valence-corrected chi connectivity index (χ3v) is 3.58. The molecule has 2 aromatic heterocycles. The average molecular weight is 225 g/mol. The molecule has 0 amide bonds. The molecule has 0 radical (unpaired) electrons. The lowest BCUT2D eigenvalue weighted by Gasteiger charge is -2.12. The highest BCUT2D eigenvalue weighted by atomic mass is 32.1. The van der Waals surface area contributed by atoms with E-state index >= 15 is 0 Å². The maximum atomic E-state index is 5.54. The van der Waals surface area contributed by atoms with E-state index in [1.54, 1.807) is 11.3 Å². The van der Waals surface area contributed by atoms with Gasteiger partial charge in [0.15, 0.2) is 0 Å². The quantitative estimate of drug-likeness (QED) is 0.621. The molecule has 3 N–H and O–H groups in total. The SMILES string of the molecule is Cc1cscc1C(NN)c1ccsn1. The molecule has 3 nitrogen and oxygen atoms in total. The first kappa shape index (κ1) is 9.79. The van der Waals surface area contributed by atoms with Crippen molar-refractivity contribution in [2.75, 3.05) is 0 Å². The lowest BCUT2D eigenvalue weighted by atomic mass is 10.0. The van der Waals surface area contributed by atoms with Crippen LogP contribution in [0, 0.1) is 6.92 Å². The second-order valence-electron chi connectivity index (χ2n) is 3.03. The van der Waals surface area contributed by atoms with Gasteiger partial charge in [0, 0.05) is 5.38 Å². The highest BCUT2D eigenvalue weighted by Gasteiger charge is 2.16. The molecule has 0 aromatic carbocycles. The molecule has 0 saturated carbocycles. The van der Waals surface area contributed by atoms with Crippen LogP contribution in [0.4, 0.5) is 0 Å². The fraction of sp³-hybridized carbons (Fsp3) is 0.222. The molecule has 0 aliphatic rings. The summed E-state index contributed by atoms with van der Waals surface area (Å²) >= 11 is 3.13. The molecular formula is C9H11N3S2. The second-order valence-corrected chi connectivity index (χ2v) is 4.44. The zero-order valence-electron chi connectivity index (χ0n) is 7.73. The minimum atomic E-state index is 0.0208. The monoisotopic (exact) mass is 225 g/mol. The minimum Gasteiger partial charge on any atom is -0.271 e. The van der Waals surface area contributed by atoms with Crippen LogP contribution in [0.5, 0.6) is 0 Å². The van der Waals surface area contributed by atoms with Crippen LogP contribution in [0.1, 0.15) is 22.9 Å². The van der Waals surface area contributed by atoms with E-state index in [4.69, 9.17) is 5.84 Å². The second kappa shape index (κ2) is 4.18. The van der Waals surface area contributed by atoms with E-state index in [2.05, 4.69) is 27.5 Å². The molecule has 1 atom stereocenters. The van der Waals surface area contributed by atoms with Crippen molar-refractivity contribution in [3.05, 3.63) is 39.0 Å². The van der Waals surface area contributed by atoms with Crippen molar-refractivity contribution in [1.29, 1.82) is 0 Å². The largest absolute Gasteiger partial charge is 0.271 e. The van der Waals surface area contributed by atoms with Crippen molar-refractivity contribution in [2.45, 2.75) is 13.0 Å². The van der Waals surface area contributed by atoms with E-state index in [0.717, 1.165) is 5.69 Å². The van der Waals surface area contributed by atoms with Gasteiger partial charge in [-0.2, -0.15) is 15.7 Å². The lowest BCUT2D eigenvalue weighted by Crippen LogP contribution is -2.29. The zero-order valence-corrected chi connectivity index (χ0v) is 9.36. The fourth-order valence-corrected chi connectivity index (χ4v) is 2.80. The van der Waals surface area contributed by atoms with Crippen molar-refractivity contribution in [2.24, 2.45) is 5.84 Å². The van der Waals surface area contributed by atoms with Gasteiger partial charge in [0.05, 0.1) is 11.7 Å². The van der Waals surface area contributed by atoms with Gasteiger partial charge in [-0.25, -0.2) is 5.43 Å². The van der Waals surface area contributed by atoms with Gasteiger partial charge in [-0.3, -0.25) is 5.84 Å². The molecular weight excluding hydrogens is 214 g/mol. The fourth-order valence-electron chi connectivity index (χ4n) is 1.37. The molecule has 74 valence electrons. The summed E-state index contributed by atoms with van der Waals surface area (Å²) in [4.78, 5) is 0. The van der Waals surface area contributed by atoms with E-state index in [0.29, 0.717) is 0 Å². The first-order valence-electron chi connectivity index (χ1n) is 4.22. The van der Waals surface area contributed by atoms with Gasteiger partial charge in [-0.1, -0.05) is 0 Å². The Morgan fingerprint density at radius 1 is 1.50 bits per heavy atom. The molecule has 0 fully saturated rings. The van der Waals surface area contributed by atoms with Crippen LogP contribution in [-0.2, 0) is 0 Å². The number of aryl methyl sites for hydroxylation is 1. The Bertz CT molecular complexity index is 394. The highest BCUT2D eigenvalue weighted by molar-refractivity contribution is 7.08. The first-order valence-corrected chi connectivity index (χ1v) is 6.00. The summed E-state index contributed by atoms with van der Waals surface area (Å²) in [5.74, 6) is 5.54. The van der Waals surface area contributed by atoms with Gasteiger partial charge in [0.1, 0.15) is 0 Å². The number of hydrogen-bond donors (Lipinski definition) is 2. The standard InChI is InChI=1S/C9H11N3S2/c1-6-4-13-5-7(6)9(11-10)8-2-3-14-12-8/h2-5,9,11H,10H2,1H3. The van der Waals surface area contributed by atoms with Gasteiger partial charge >= 0.3 is 0 Å². The Kier molecular flexibility index (Phi) is 2.93. The number of rotatable bonds is 3. The summed E-state index contributed by atoms with van der Waals surface area (Å²) in [5.41, 5.74) is 6.25. The number of nitrogens with two attached hydrogens (primary N) is 1. The molecule has 2 aromatic rings. The van der Waals surface area contributed by atoms with E-state index in [1.165, 1.54) is 22.7 Å². The Morgan fingerprint density at radius 2 is 2.36 bits per heavy atom. The Labute approximate surface area is 90.7 Å². The van der Waals surface area contributed by atoms with Gasteiger partial charge in [0.25, 0.3) is 0 Å². The summed E-state index contributed by atoms with van der Waals surface area (Å²) in [7, 11) is 0. The Morgan fingerprint density at radius 3 is 2.86 bits per heavy atom. The number of nitrogens with one attached hydrogen (secondary N) is 1. The van der Waals surface area contributed by atoms with Crippen LogP contribution >= 0.6 is 22.9 Å². The average Bonchev–Trinajstić information content (AvgIpc) is 2.80. The smallest absolute Gasteiger partial charge is 0.0902 e. The van der Waals surface area contributed by atoms with Crippen LogP contribution in [0.3, 0.4) is 0 Å². The molecule has 1 unspecified atom stereocenters. The predicted molar refractivity (Wildman–Crippen MR) is 60.3 cm³/mol. The highest BCUT2D eigenvalue weighted by Crippen LogP contribution is 2.26. The number of thiophene rings is 1. The first-order chi connectivity index (χ1) is 6.83. The van der Waals surface area contributed by atoms with E-state index in [1.807, 2.05) is 11.4 Å². The van der Waals surface area contributed by atoms with Gasteiger partial charge in [-0.05, 0) is 46.4 Å². The summed E-state index contributed by atoms with van der Waals surface area (Å²) < 4.78 is 4.29. The molecule has 5 heteroatoms. The van der Waals surface area contributed by atoms with Crippen molar-refractivity contribution < 1.29 is 0 Å². The zero-order chi connectivity index (χ0) is 9.97. The molecule has 0 spiro atoms. The third kappa shape index (κ3) is 1.72. The van der Waals surface area contributed by atoms with E-state index < -0.39 is 0 Å². The summed E-state index contributed by atoms with van der Waals surface area (Å²) in [6.45, 7) is 2.09. The van der Waals surface area contributed by atoms with Crippen LogP contribution in [0.15, 0.2) is 22.2 Å². The van der Waals surface area contributed by atoms with Crippen LogP contribution in [0.2, 0.25) is 0 Å². The predicted octanol–water partition coefficient (Wildman–Crippen LogP) is 2.07. The maximum absolute atomic E-state index is 5.54. The molecule has 0 aliphatic heterocycles. The number of hydrogen-bond acceptors (Lipinski definition) is 5. The molecule has 0 saturated heterocycles. The van der Waals surface area contributed by atoms with Gasteiger partial charge in [-0.15, -0.1) is 0 Å². The van der Waals surface area contributed by atoms with Crippen molar-refractivity contribution in [1.82, 2.24) is 9.80 Å². The number of aromatic nitrogens is 1. The van der Waals surface area contributed by atoms with Crippen LogP contribution < -0.4 is 11.3 Å². The van der Waals surface area contributed by atoms with Crippen LogP contribution in [0.25, 0.3) is 0 Å². The molecule has 14 heavy (non-hydrogen) atoms. The summed E-state index contributed by atoms with van der Waals surface area (Å²) in [5, 5.41) is 6.19. The lowest BCUT2D eigenvalue weighted by molar-refractivity contribution is 0.625. The van der Waals surface area contributed by atoms with Crippen molar-refractivity contribution in [3.8, 4) is 0 Å². The number of hydrazine groups is 1. The molecule has 0 bridgehead atoms. The molecule has 2 heterocycles. The topological polar surface area (TPSA) is 50.9 Å². The van der Waals surface area contributed by atoms with Crippen LogP contribution in [-0.4, -0.2) is 4.37 Å². The maximum Gasteiger partial charge on any atom is 0.0902 e. The van der Waals surface area contributed by atoms with Crippen molar-refractivity contribution in [3.63, 3.8) is 0 Å². The van der Waals surface area contributed by atoms with Gasteiger partial charge < -0.3 is 0 Å². The Balaban J connectivity index is 2.36. The van der Waals surface area contributed by atoms with E-state index in [-0.39, 0.29) is 6.04 Å². The normalized spacial score (nSPS) is 13.0. The third-order valence-electron chi connectivity index (χ3n) is 2.13. The Hall–Kier alpha value is -0.750. The summed E-state index contributed by atoms with van der Waals surface area (Å²) in [6, 6.07) is 2.01. The number of nitrogens with zero attached hydrogens (tertiary/aromatic N) is 1. The summed E-state index contributed by atoms with van der Waals surface area (Å²) in [6.07, 6.45) is 0.